The predicted octanol–water partition coefficient (Wildman–Crippen LogP) is 5.15. The molecule has 2 aliphatic rings. The Kier molecular flexibility index (Phi) is 6.45. The highest BCUT2D eigenvalue weighted by molar-refractivity contribution is 6.03. The van der Waals surface area contributed by atoms with E-state index in [2.05, 4.69) is 20.5 Å². The molecule has 0 atom stereocenters. The second-order valence-electron chi connectivity index (χ2n) is 9.03. The van der Waals surface area contributed by atoms with E-state index in [1.54, 1.807) is 24.1 Å². The first-order valence-electron chi connectivity index (χ1n) is 12.0. The zero-order valence-corrected chi connectivity index (χ0v) is 20.3. The van der Waals surface area contributed by atoms with Crippen LogP contribution in [-0.4, -0.2) is 48.0 Å². The smallest absolute Gasteiger partial charge is 0.321 e. The number of allylic oxidation sites excluding steroid dienone is 1. The average molecular weight is 490 g/mol. The normalized spacial score (nSPS) is 15.2. The average Bonchev–Trinajstić information content (AvgIpc) is 3.24. The van der Waals surface area contributed by atoms with Gasteiger partial charge >= 0.3 is 6.03 Å². The molecule has 2 N–H and O–H groups in total. The Balaban J connectivity index is 1.17. The summed E-state index contributed by atoms with van der Waals surface area (Å²) in [5.41, 5.74) is 3.77. The number of aromatic nitrogens is 1. The lowest BCUT2D eigenvalue weighted by Crippen LogP contribution is -2.50. The number of nitrogens with one attached hydrogen (secondary N) is 2. The summed E-state index contributed by atoms with van der Waals surface area (Å²) in [6, 6.07) is 11.2. The summed E-state index contributed by atoms with van der Waals surface area (Å²) in [5.74, 6) is 0.192. The lowest BCUT2D eigenvalue weighted by molar-refractivity contribution is 0.0995. The van der Waals surface area contributed by atoms with Gasteiger partial charge in [0.1, 0.15) is 5.82 Å². The lowest BCUT2D eigenvalue weighted by atomic mass is 9.99. The third kappa shape index (κ3) is 4.68. The number of urea groups is 1. The van der Waals surface area contributed by atoms with Crippen LogP contribution < -0.4 is 15.5 Å². The molecule has 0 spiro atoms. The fourth-order valence-electron chi connectivity index (χ4n) is 4.58. The van der Waals surface area contributed by atoms with Gasteiger partial charge in [0, 0.05) is 43.0 Å². The van der Waals surface area contributed by atoms with Gasteiger partial charge in [-0.05, 0) is 56.5 Å². The number of benzene rings is 1. The van der Waals surface area contributed by atoms with Gasteiger partial charge in [-0.3, -0.25) is 4.79 Å². The largest absolute Gasteiger partial charge is 0.448 e. The summed E-state index contributed by atoms with van der Waals surface area (Å²) in [6.07, 6.45) is 4.31. The highest BCUT2D eigenvalue weighted by Crippen LogP contribution is 2.34. The molecule has 0 bridgehead atoms. The van der Waals surface area contributed by atoms with Gasteiger partial charge in [0.25, 0.3) is 5.91 Å². The van der Waals surface area contributed by atoms with E-state index in [1.807, 2.05) is 37.3 Å². The number of carbonyl (C=O) groups excluding carboxylic acids is 2. The maximum atomic E-state index is 14.1. The Hall–Kier alpha value is -4.14. The first kappa shape index (κ1) is 23.6. The first-order chi connectivity index (χ1) is 17.4. The van der Waals surface area contributed by atoms with E-state index < -0.39 is 11.7 Å². The van der Waals surface area contributed by atoms with Crippen molar-refractivity contribution < 1.29 is 18.4 Å². The topological polar surface area (TPSA) is 90.7 Å². The molecule has 5 rings (SSSR count). The molecule has 2 aromatic heterocycles. The van der Waals surface area contributed by atoms with Crippen LogP contribution in [0.3, 0.4) is 0 Å². The quantitative estimate of drug-likeness (QED) is 0.529. The van der Waals surface area contributed by atoms with Crippen molar-refractivity contribution in [2.45, 2.75) is 26.7 Å². The molecule has 9 heteroatoms. The Bertz CT molecular complexity index is 1320. The van der Waals surface area contributed by atoms with Crippen molar-refractivity contribution in [2.75, 3.05) is 41.7 Å². The number of hydrogen-bond donors (Lipinski definition) is 2. The monoisotopic (exact) mass is 489 g/mol. The summed E-state index contributed by atoms with van der Waals surface area (Å²) in [5, 5.41) is 5.76. The van der Waals surface area contributed by atoms with Crippen molar-refractivity contribution in [1.82, 2.24) is 9.88 Å². The molecule has 1 saturated heterocycles. The highest BCUT2D eigenvalue weighted by Gasteiger charge is 2.26. The Labute approximate surface area is 208 Å². The van der Waals surface area contributed by atoms with Crippen molar-refractivity contribution in [1.29, 1.82) is 0 Å². The van der Waals surface area contributed by atoms with Crippen molar-refractivity contribution >= 4 is 35.0 Å². The minimum absolute atomic E-state index is 0.111. The number of halogens is 1. The van der Waals surface area contributed by atoms with Crippen molar-refractivity contribution in [3.05, 3.63) is 76.9 Å². The predicted molar refractivity (Wildman–Crippen MR) is 137 cm³/mol. The molecule has 1 aliphatic carbocycles. The third-order valence-corrected chi connectivity index (χ3v) is 6.70. The van der Waals surface area contributed by atoms with Gasteiger partial charge in [0.05, 0.1) is 11.9 Å². The second-order valence-corrected chi connectivity index (χ2v) is 9.03. The van der Waals surface area contributed by atoms with Crippen LogP contribution in [0.2, 0.25) is 0 Å². The first-order valence-corrected chi connectivity index (χ1v) is 12.0. The third-order valence-electron chi connectivity index (χ3n) is 6.70. The van der Waals surface area contributed by atoms with Crippen molar-refractivity contribution in [3.8, 4) is 0 Å². The van der Waals surface area contributed by atoms with Crippen LogP contribution in [0.5, 0.6) is 0 Å². The van der Waals surface area contributed by atoms with E-state index in [9.17, 15) is 14.0 Å². The molecular weight excluding hydrogens is 461 g/mol. The number of aryl methyl sites for hydroxylation is 1. The number of hydrogen-bond acceptors (Lipinski definition) is 5. The van der Waals surface area contributed by atoms with E-state index in [0.29, 0.717) is 50.3 Å². The molecule has 1 aromatic carbocycles. The number of para-hydroxylation sites is 1. The molecule has 3 aromatic rings. The molecule has 0 unspecified atom stereocenters. The molecule has 1 fully saturated rings. The van der Waals surface area contributed by atoms with Crippen LogP contribution in [-0.2, 0) is 6.42 Å². The van der Waals surface area contributed by atoms with Crippen LogP contribution in [0, 0.1) is 13.8 Å². The van der Waals surface area contributed by atoms with Gasteiger partial charge in [0.15, 0.2) is 17.3 Å². The minimum Gasteiger partial charge on any atom is -0.448 e. The second kappa shape index (κ2) is 9.85. The molecule has 186 valence electrons. The summed E-state index contributed by atoms with van der Waals surface area (Å²) in [6.45, 7) is 6.19. The number of amides is 3. The van der Waals surface area contributed by atoms with Gasteiger partial charge < -0.3 is 24.9 Å². The number of nitrogens with zero attached hydrogens (tertiary/aromatic N) is 3. The Morgan fingerprint density at radius 2 is 1.81 bits per heavy atom. The van der Waals surface area contributed by atoms with Crippen LogP contribution in [0.25, 0.3) is 5.83 Å². The molecule has 36 heavy (non-hydrogen) atoms. The van der Waals surface area contributed by atoms with Crippen molar-refractivity contribution in [3.63, 3.8) is 0 Å². The maximum Gasteiger partial charge on any atom is 0.321 e. The number of rotatable bonds is 4. The Morgan fingerprint density at radius 1 is 1.03 bits per heavy atom. The number of piperazine rings is 1. The van der Waals surface area contributed by atoms with E-state index in [0.717, 1.165) is 22.6 Å². The number of pyridine rings is 1. The Morgan fingerprint density at radius 3 is 2.50 bits per heavy atom. The molecular formula is C27H28FN5O3. The summed E-state index contributed by atoms with van der Waals surface area (Å²) < 4.78 is 19.6. The standard InChI is InChI=1S/C27H28FN5O3/c1-17-6-3-4-9-22(17)31-27(35)33-14-12-32(13-15-33)23-11-10-19(16-29-23)30-26(34)24-18(2)20-7-5-8-21(28)25(20)36-24/h3-4,6,8-11,16H,5,7,12-15H2,1-2H3,(H,30,34)(H,31,35). The number of fused-ring (bicyclic) bond motifs is 1. The van der Waals surface area contributed by atoms with Gasteiger partial charge in [-0.1, -0.05) is 18.2 Å². The number of furan rings is 1. The zero-order valence-electron chi connectivity index (χ0n) is 20.3. The lowest BCUT2D eigenvalue weighted by Gasteiger charge is -2.35. The van der Waals surface area contributed by atoms with Crippen molar-refractivity contribution in [2.24, 2.45) is 0 Å². The van der Waals surface area contributed by atoms with E-state index >= 15 is 0 Å². The zero-order chi connectivity index (χ0) is 25.2. The van der Waals surface area contributed by atoms with E-state index in [-0.39, 0.29) is 17.6 Å². The van der Waals surface area contributed by atoms with Crippen LogP contribution >= 0.6 is 0 Å². The summed E-state index contributed by atoms with van der Waals surface area (Å²) >= 11 is 0. The van der Waals surface area contributed by atoms with Gasteiger partial charge in [-0.15, -0.1) is 0 Å². The minimum atomic E-state index is -0.433. The van der Waals surface area contributed by atoms with Gasteiger partial charge in [-0.25, -0.2) is 14.2 Å². The van der Waals surface area contributed by atoms with E-state index in [1.165, 1.54) is 6.08 Å². The molecule has 0 saturated carbocycles. The molecule has 3 amide bonds. The fourth-order valence-corrected chi connectivity index (χ4v) is 4.58. The number of carbonyl (C=O) groups is 2. The van der Waals surface area contributed by atoms with Crippen LogP contribution in [0.4, 0.5) is 26.4 Å². The van der Waals surface area contributed by atoms with Crippen LogP contribution in [0.1, 0.15) is 39.4 Å². The van der Waals surface area contributed by atoms with Gasteiger partial charge in [-0.2, -0.15) is 0 Å². The molecule has 8 nitrogen and oxygen atoms in total. The molecule has 3 heterocycles. The SMILES string of the molecule is Cc1ccccc1NC(=O)N1CCN(c2ccc(NC(=O)c3oc4c(c3C)CCC=C4F)cn2)CC1. The van der Waals surface area contributed by atoms with Gasteiger partial charge in [0.2, 0.25) is 0 Å². The number of anilines is 3. The molecule has 0 radical (unpaired) electrons. The fraction of sp³-hybridized carbons (Fsp3) is 0.296. The van der Waals surface area contributed by atoms with Crippen LogP contribution in [0.15, 0.2) is 53.1 Å². The summed E-state index contributed by atoms with van der Waals surface area (Å²) in [4.78, 5) is 33.8. The van der Waals surface area contributed by atoms with E-state index in [4.69, 9.17) is 4.42 Å². The highest BCUT2D eigenvalue weighted by atomic mass is 19.1. The summed E-state index contributed by atoms with van der Waals surface area (Å²) in [7, 11) is 0. The molecule has 1 aliphatic heterocycles. The maximum absolute atomic E-state index is 14.1.